The average Bonchev–Trinajstić information content (AvgIpc) is 2.43. The van der Waals surface area contributed by atoms with Gasteiger partial charge in [-0.1, -0.05) is 17.7 Å². The van der Waals surface area contributed by atoms with Crippen molar-refractivity contribution in [2.75, 3.05) is 12.8 Å². The van der Waals surface area contributed by atoms with Crippen LogP contribution in [0.4, 0.5) is 10.1 Å². The fourth-order valence-corrected chi connectivity index (χ4v) is 3.29. The molecule has 0 bridgehead atoms. The van der Waals surface area contributed by atoms with Gasteiger partial charge in [0.2, 0.25) is 10.0 Å². The van der Waals surface area contributed by atoms with E-state index < -0.39 is 20.7 Å². The summed E-state index contributed by atoms with van der Waals surface area (Å²) in [5, 5.41) is 0.0544. The predicted octanol–water partition coefficient (Wildman–Crippen LogP) is 2.28. The van der Waals surface area contributed by atoms with Crippen LogP contribution in [0, 0.1) is 5.82 Å². The molecular weight excluding hydrogens is 317 g/mol. The molecule has 2 aromatic rings. The Labute approximate surface area is 127 Å². The van der Waals surface area contributed by atoms with Crippen LogP contribution in [-0.2, 0) is 16.6 Å². The van der Waals surface area contributed by atoms with Crippen molar-refractivity contribution < 1.29 is 12.8 Å². The van der Waals surface area contributed by atoms with Crippen molar-refractivity contribution in [2.45, 2.75) is 11.4 Å². The third kappa shape index (κ3) is 3.31. The van der Waals surface area contributed by atoms with E-state index in [1.165, 1.54) is 7.05 Å². The zero-order valence-electron chi connectivity index (χ0n) is 11.1. The molecule has 2 rings (SSSR count). The van der Waals surface area contributed by atoms with Gasteiger partial charge in [-0.25, -0.2) is 12.8 Å². The van der Waals surface area contributed by atoms with Gasteiger partial charge >= 0.3 is 0 Å². The predicted molar refractivity (Wildman–Crippen MR) is 78.7 cm³/mol. The monoisotopic (exact) mass is 329 g/mol. The number of pyridine rings is 1. The maximum absolute atomic E-state index is 14.0. The SMILES string of the molecule is CN(Cc1ccccn1)S(=O)(=O)c1cc(Cl)cc(N)c1F. The Morgan fingerprint density at radius 1 is 1.38 bits per heavy atom. The lowest BCUT2D eigenvalue weighted by molar-refractivity contribution is 0.456. The van der Waals surface area contributed by atoms with Crippen LogP contribution in [0.5, 0.6) is 0 Å². The third-order valence-corrected chi connectivity index (χ3v) is 4.85. The smallest absolute Gasteiger partial charge is 0.246 e. The van der Waals surface area contributed by atoms with Crippen molar-refractivity contribution >= 4 is 27.3 Å². The molecule has 1 heterocycles. The summed E-state index contributed by atoms with van der Waals surface area (Å²) in [5.41, 5.74) is 5.64. The van der Waals surface area contributed by atoms with Gasteiger partial charge in [0.05, 0.1) is 17.9 Å². The van der Waals surface area contributed by atoms with E-state index in [9.17, 15) is 12.8 Å². The van der Waals surface area contributed by atoms with Crippen molar-refractivity contribution in [3.05, 3.63) is 53.1 Å². The van der Waals surface area contributed by atoms with Crippen LogP contribution < -0.4 is 5.73 Å². The molecule has 0 unspecified atom stereocenters. The molecular formula is C13H13ClFN3O2S. The highest BCUT2D eigenvalue weighted by Gasteiger charge is 2.26. The van der Waals surface area contributed by atoms with E-state index >= 15 is 0 Å². The highest BCUT2D eigenvalue weighted by molar-refractivity contribution is 7.89. The molecule has 0 saturated heterocycles. The normalized spacial score (nSPS) is 11.8. The first-order chi connectivity index (χ1) is 9.82. The molecule has 0 radical (unpaired) electrons. The van der Waals surface area contributed by atoms with Crippen LogP contribution >= 0.6 is 11.6 Å². The van der Waals surface area contributed by atoms with E-state index in [-0.39, 0.29) is 17.3 Å². The number of aromatic nitrogens is 1. The molecule has 0 atom stereocenters. The minimum absolute atomic E-state index is 0.00896. The third-order valence-electron chi connectivity index (χ3n) is 2.83. The minimum Gasteiger partial charge on any atom is -0.396 e. The molecule has 0 amide bonds. The molecule has 0 aliphatic carbocycles. The van der Waals surface area contributed by atoms with Crippen LogP contribution in [-0.4, -0.2) is 24.8 Å². The van der Waals surface area contributed by atoms with Gasteiger partial charge in [-0.15, -0.1) is 0 Å². The van der Waals surface area contributed by atoms with E-state index in [2.05, 4.69) is 4.98 Å². The van der Waals surface area contributed by atoms with Gasteiger partial charge in [0, 0.05) is 18.3 Å². The molecule has 8 heteroatoms. The van der Waals surface area contributed by atoms with Gasteiger partial charge in [0.15, 0.2) is 5.82 Å². The molecule has 0 aliphatic rings. The molecule has 0 aliphatic heterocycles. The number of hydrogen-bond donors (Lipinski definition) is 1. The van der Waals surface area contributed by atoms with Gasteiger partial charge in [-0.3, -0.25) is 4.98 Å². The van der Waals surface area contributed by atoms with Crippen LogP contribution in [0.2, 0.25) is 5.02 Å². The van der Waals surface area contributed by atoms with E-state index in [0.717, 1.165) is 16.4 Å². The number of halogens is 2. The van der Waals surface area contributed by atoms with Crippen molar-refractivity contribution in [3.63, 3.8) is 0 Å². The molecule has 5 nitrogen and oxygen atoms in total. The fraction of sp³-hybridized carbons (Fsp3) is 0.154. The largest absolute Gasteiger partial charge is 0.396 e. The zero-order chi connectivity index (χ0) is 15.6. The van der Waals surface area contributed by atoms with E-state index in [0.29, 0.717) is 5.69 Å². The van der Waals surface area contributed by atoms with Crippen molar-refractivity contribution in [2.24, 2.45) is 0 Å². The van der Waals surface area contributed by atoms with Crippen LogP contribution in [0.25, 0.3) is 0 Å². The lowest BCUT2D eigenvalue weighted by Gasteiger charge is -2.18. The number of rotatable bonds is 4. The molecule has 21 heavy (non-hydrogen) atoms. The summed E-state index contributed by atoms with van der Waals surface area (Å²) >= 11 is 5.75. The number of anilines is 1. The molecule has 0 fully saturated rings. The first kappa shape index (κ1) is 15.7. The standard InChI is InChI=1S/C13H13ClFN3O2S/c1-18(8-10-4-2-3-5-17-10)21(19,20)12-7-9(14)6-11(16)13(12)15/h2-7H,8,16H2,1H3. The Hall–Kier alpha value is -1.70. The van der Waals surface area contributed by atoms with Crippen molar-refractivity contribution in [3.8, 4) is 0 Å². The van der Waals surface area contributed by atoms with Crippen LogP contribution in [0.3, 0.4) is 0 Å². The Balaban J connectivity index is 2.38. The van der Waals surface area contributed by atoms with Gasteiger partial charge in [-0.05, 0) is 24.3 Å². The summed E-state index contributed by atoms with van der Waals surface area (Å²) < 4.78 is 39.8. The molecule has 0 spiro atoms. The second-order valence-corrected chi connectivity index (χ2v) is 6.84. The number of benzene rings is 1. The highest BCUT2D eigenvalue weighted by Crippen LogP contribution is 2.27. The maximum Gasteiger partial charge on any atom is 0.246 e. The number of sulfonamides is 1. The van der Waals surface area contributed by atoms with E-state index in [1.807, 2.05) is 0 Å². The van der Waals surface area contributed by atoms with Crippen LogP contribution in [0.1, 0.15) is 5.69 Å². The lowest BCUT2D eigenvalue weighted by Crippen LogP contribution is -2.28. The highest BCUT2D eigenvalue weighted by atomic mass is 35.5. The van der Waals surface area contributed by atoms with Gasteiger partial charge in [-0.2, -0.15) is 4.31 Å². The Morgan fingerprint density at radius 2 is 2.10 bits per heavy atom. The summed E-state index contributed by atoms with van der Waals surface area (Å²) in [5.74, 6) is -1.01. The van der Waals surface area contributed by atoms with E-state index in [4.69, 9.17) is 17.3 Å². The number of nitrogen functional groups attached to an aromatic ring is 1. The van der Waals surface area contributed by atoms with E-state index in [1.54, 1.807) is 24.4 Å². The van der Waals surface area contributed by atoms with Gasteiger partial charge < -0.3 is 5.73 Å². The molecule has 1 aromatic carbocycles. The lowest BCUT2D eigenvalue weighted by atomic mass is 10.3. The summed E-state index contributed by atoms with van der Waals surface area (Å²) in [7, 11) is -2.73. The zero-order valence-corrected chi connectivity index (χ0v) is 12.7. The molecule has 0 saturated carbocycles. The Bertz CT molecular complexity index is 754. The maximum atomic E-state index is 14.0. The Morgan fingerprint density at radius 3 is 2.71 bits per heavy atom. The minimum atomic E-state index is -4.06. The second kappa shape index (κ2) is 5.97. The fourth-order valence-electron chi connectivity index (χ4n) is 1.74. The number of nitrogens with two attached hydrogens (primary N) is 1. The average molecular weight is 330 g/mol. The summed E-state index contributed by atoms with van der Waals surface area (Å²) in [6.07, 6.45) is 1.55. The molecule has 2 N–H and O–H groups in total. The second-order valence-electron chi connectivity index (χ2n) is 4.39. The summed E-state index contributed by atoms with van der Waals surface area (Å²) in [4.78, 5) is 3.48. The van der Waals surface area contributed by atoms with Gasteiger partial charge in [0.25, 0.3) is 0 Å². The summed E-state index contributed by atoms with van der Waals surface area (Å²) in [6.45, 7) is 0.00896. The quantitative estimate of drug-likeness (QED) is 0.873. The first-order valence-corrected chi connectivity index (χ1v) is 7.75. The molecule has 1 aromatic heterocycles. The molecule has 112 valence electrons. The van der Waals surface area contributed by atoms with Crippen molar-refractivity contribution in [1.82, 2.24) is 9.29 Å². The first-order valence-electron chi connectivity index (χ1n) is 5.93. The number of hydrogen-bond acceptors (Lipinski definition) is 4. The number of nitrogens with zero attached hydrogens (tertiary/aromatic N) is 2. The van der Waals surface area contributed by atoms with Crippen molar-refractivity contribution in [1.29, 1.82) is 0 Å². The summed E-state index contributed by atoms with van der Waals surface area (Å²) in [6, 6.07) is 7.33. The Kier molecular flexibility index (Phi) is 4.46. The topological polar surface area (TPSA) is 76.3 Å². The van der Waals surface area contributed by atoms with Gasteiger partial charge in [0.1, 0.15) is 4.90 Å². The van der Waals surface area contributed by atoms with Crippen LogP contribution in [0.15, 0.2) is 41.4 Å².